The van der Waals surface area contributed by atoms with E-state index in [1.807, 2.05) is 6.92 Å². The number of likely N-dealkylation sites (tertiary alicyclic amines) is 1. The number of aliphatic hydroxyl groups excluding tert-OH is 1. The highest BCUT2D eigenvalue weighted by Crippen LogP contribution is 2.21. The van der Waals surface area contributed by atoms with Gasteiger partial charge in [-0.1, -0.05) is 30.3 Å². The Morgan fingerprint density at radius 1 is 1.25 bits per heavy atom. The van der Waals surface area contributed by atoms with Gasteiger partial charge in [-0.2, -0.15) is 0 Å². The molecule has 1 fully saturated rings. The van der Waals surface area contributed by atoms with Crippen LogP contribution in [0, 0.1) is 5.92 Å². The molecule has 1 aliphatic heterocycles. The minimum Gasteiger partial charge on any atom is -0.393 e. The molecule has 1 N–H and O–H groups in total. The van der Waals surface area contributed by atoms with Gasteiger partial charge in [0.05, 0.1) is 6.10 Å². The molecule has 1 atom stereocenters. The zero-order chi connectivity index (χ0) is 11.4. The van der Waals surface area contributed by atoms with E-state index in [1.54, 1.807) is 0 Å². The van der Waals surface area contributed by atoms with Gasteiger partial charge in [-0.05, 0) is 44.3 Å². The molecule has 0 amide bonds. The van der Waals surface area contributed by atoms with E-state index < -0.39 is 0 Å². The van der Waals surface area contributed by atoms with Gasteiger partial charge in [-0.15, -0.1) is 0 Å². The summed E-state index contributed by atoms with van der Waals surface area (Å²) >= 11 is 0. The topological polar surface area (TPSA) is 23.5 Å². The van der Waals surface area contributed by atoms with Crippen molar-refractivity contribution in [1.82, 2.24) is 4.90 Å². The molecule has 0 saturated carbocycles. The molecule has 2 rings (SSSR count). The Bertz CT molecular complexity index is 302. The smallest absolute Gasteiger partial charge is 0.0541 e. The third kappa shape index (κ3) is 3.06. The Hall–Kier alpha value is -0.860. The summed E-state index contributed by atoms with van der Waals surface area (Å²) in [5.74, 6) is 0.507. The number of rotatable bonds is 3. The normalized spacial score (nSPS) is 20.9. The summed E-state index contributed by atoms with van der Waals surface area (Å²) in [6, 6.07) is 10.6. The Morgan fingerprint density at radius 3 is 2.44 bits per heavy atom. The van der Waals surface area contributed by atoms with Gasteiger partial charge < -0.3 is 5.11 Å². The zero-order valence-corrected chi connectivity index (χ0v) is 9.97. The fourth-order valence-electron chi connectivity index (χ4n) is 2.44. The molecule has 1 saturated heterocycles. The lowest BCUT2D eigenvalue weighted by Crippen LogP contribution is -2.36. The first-order valence-corrected chi connectivity index (χ1v) is 6.20. The SMILES string of the molecule is C[C@@H](O)C1CCN(Cc2ccccc2)CC1. The van der Waals surface area contributed by atoms with Crippen molar-refractivity contribution in [1.29, 1.82) is 0 Å². The van der Waals surface area contributed by atoms with E-state index in [0.29, 0.717) is 5.92 Å². The van der Waals surface area contributed by atoms with Crippen LogP contribution in [0.25, 0.3) is 0 Å². The van der Waals surface area contributed by atoms with Gasteiger partial charge in [0.2, 0.25) is 0 Å². The van der Waals surface area contributed by atoms with Crippen LogP contribution in [0.4, 0.5) is 0 Å². The first-order chi connectivity index (χ1) is 7.75. The molecule has 0 aromatic heterocycles. The van der Waals surface area contributed by atoms with Crippen molar-refractivity contribution < 1.29 is 5.11 Å². The molecule has 2 heteroatoms. The van der Waals surface area contributed by atoms with Crippen LogP contribution < -0.4 is 0 Å². The average molecular weight is 219 g/mol. The summed E-state index contributed by atoms with van der Waals surface area (Å²) in [6.07, 6.45) is 2.12. The number of hydrogen-bond donors (Lipinski definition) is 1. The van der Waals surface area contributed by atoms with E-state index in [1.165, 1.54) is 5.56 Å². The van der Waals surface area contributed by atoms with Gasteiger partial charge in [0.25, 0.3) is 0 Å². The Balaban J connectivity index is 1.82. The van der Waals surface area contributed by atoms with Gasteiger partial charge in [0, 0.05) is 6.54 Å². The lowest BCUT2D eigenvalue weighted by atomic mass is 9.92. The van der Waals surface area contributed by atoms with Crippen LogP contribution in [0.2, 0.25) is 0 Å². The van der Waals surface area contributed by atoms with Gasteiger partial charge in [0.1, 0.15) is 0 Å². The molecule has 88 valence electrons. The van der Waals surface area contributed by atoms with Crippen molar-refractivity contribution in [3.63, 3.8) is 0 Å². The van der Waals surface area contributed by atoms with E-state index in [4.69, 9.17) is 0 Å². The van der Waals surface area contributed by atoms with Crippen LogP contribution >= 0.6 is 0 Å². The predicted octanol–water partition coefficient (Wildman–Crippen LogP) is 2.28. The lowest BCUT2D eigenvalue weighted by Gasteiger charge is -2.33. The molecule has 0 radical (unpaired) electrons. The summed E-state index contributed by atoms with van der Waals surface area (Å²) in [5, 5.41) is 9.53. The molecule has 0 spiro atoms. The van der Waals surface area contributed by atoms with Gasteiger partial charge in [-0.3, -0.25) is 4.90 Å². The third-order valence-electron chi connectivity index (χ3n) is 3.56. The Kier molecular flexibility index (Phi) is 3.97. The molecule has 1 aromatic carbocycles. The summed E-state index contributed by atoms with van der Waals surface area (Å²) in [6.45, 7) is 5.19. The van der Waals surface area contributed by atoms with Crippen LogP contribution in [0.3, 0.4) is 0 Å². The van der Waals surface area contributed by atoms with Crippen LogP contribution in [0.1, 0.15) is 25.3 Å². The van der Waals surface area contributed by atoms with E-state index in [9.17, 15) is 5.11 Å². The van der Waals surface area contributed by atoms with E-state index in [0.717, 1.165) is 32.5 Å². The fraction of sp³-hybridized carbons (Fsp3) is 0.571. The minimum atomic E-state index is -0.140. The van der Waals surface area contributed by atoms with Crippen molar-refractivity contribution in [2.24, 2.45) is 5.92 Å². The van der Waals surface area contributed by atoms with E-state index in [-0.39, 0.29) is 6.10 Å². The van der Waals surface area contributed by atoms with Gasteiger partial charge >= 0.3 is 0 Å². The van der Waals surface area contributed by atoms with E-state index in [2.05, 4.69) is 35.2 Å². The number of aliphatic hydroxyl groups is 1. The second kappa shape index (κ2) is 5.46. The number of piperidine rings is 1. The number of benzene rings is 1. The maximum absolute atomic E-state index is 9.53. The summed E-state index contributed by atoms with van der Waals surface area (Å²) in [7, 11) is 0. The predicted molar refractivity (Wildman–Crippen MR) is 66.1 cm³/mol. The largest absolute Gasteiger partial charge is 0.393 e. The van der Waals surface area contributed by atoms with Crippen molar-refractivity contribution in [2.75, 3.05) is 13.1 Å². The first kappa shape index (κ1) is 11.6. The molecular weight excluding hydrogens is 198 g/mol. The number of nitrogens with zero attached hydrogens (tertiary/aromatic N) is 1. The molecule has 1 aromatic rings. The van der Waals surface area contributed by atoms with Crippen molar-refractivity contribution in [3.05, 3.63) is 35.9 Å². The number of hydrogen-bond acceptors (Lipinski definition) is 2. The maximum Gasteiger partial charge on any atom is 0.0541 e. The standard InChI is InChI=1S/C14H21NO/c1-12(16)14-7-9-15(10-8-14)11-13-5-3-2-4-6-13/h2-6,12,14,16H,7-11H2,1H3/t12-/m1/s1. The highest BCUT2D eigenvalue weighted by atomic mass is 16.3. The first-order valence-electron chi connectivity index (χ1n) is 6.20. The maximum atomic E-state index is 9.53. The van der Waals surface area contributed by atoms with Crippen LogP contribution in [0.5, 0.6) is 0 Å². The minimum absolute atomic E-state index is 0.140. The quantitative estimate of drug-likeness (QED) is 0.843. The molecule has 2 nitrogen and oxygen atoms in total. The monoisotopic (exact) mass is 219 g/mol. The zero-order valence-electron chi connectivity index (χ0n) is 9.97. The van der Waals surface area contributed by atoms with Crippen molar-refractivity contribution in [3.8, 4) is 0 Å². The second-order valence-corrected chi connectivity index (χ2v) is 4.84. The van der Waals surface area contributed by atoms with Gasteiger partial charge in [-0.25, -0.2) is 0 Å². The Labute approximate surface area is 97.9 Å². The highest BCUT2D eigenvalue weighted by Gasteiger charge is 2.22. The molecule has 16 heavy (non-hydrogen) atoms. The molecular formula is C14H21NO. The summed E-state index contributed by atoms with van der Waals surface area (Å²) in [4.78, 5) is 2.48. The fourth-order valence-corrected chi connectivity index (χ4v) is 2.44. The Morgan fingerprint density at radius 2 is 1.88 bits per heavy atom. The average Bonchev–Trinajstić information content (AvgIpc) is 2.31. The van der Waals surface area contributed by atoms with E-state index >= 15 is 0 Å². The molecule has 0 bridgehead atoms. The second-order valence-electron chi connectivity index (χ2n) is 4.84. The molecule has 1 aliphatic rings. The highest BCUT2D eigenvalue weighted by molar-refractivity contribution is 5.14. The van der Waals surface area contributed by atoms with Crippen LogP contribution in [-0.2, 0) is 6.54 Å². The van der Waals surface area contributed by atoms with Gasteiger partial charge in [0.15, 0.2) is 0 Å². The molecule has 0 aliphatic carbocycles. The third-order valence-corrected chi connectivity index (χ3v) is 3.56. The molecule has 0 unspecified atom stereocenters. The van der Waals surface area contributed by atoms with Crippen molar-refractivity contribution >= 4 is 0 Å². The van der Waals surface area contributed by atoms with Crippen LogP contribution in [-0.4, -0.2) is 29.2 Å². The summed E-state index contributed by atoms with van der Waals surface area (Å²) in [5.41, 5.74) is 1.39. The van der Waals surface area contributed by atoms with Crippen LogP contribution in [0.15, 0.2) is 30.3 Å². The summed E-state index contributed by atoms with van der Waals surface area (Å²) < 4.78 is 0. The lowest BCUT2D eigenvalue weighted by molar-refractivity contribution is 0.0695. The molecule has 1 heterocycles. The van der Waals surface area contributed by atoms with Crippen molar-refractivity contribution in [2.45, 2.75) is 32.4 Å².